The van der Waals surface area contributed by atoms with Gasteiger partial charge in [-0.15, -0.1) is 0 Å². The molecule has 0 aliphatic carbocycles. The maximum Gasteiger partial charge on any atom is 0.315 e. The molecule has 6 heteroatoms. The molecule has 6 nitrogen and oxygen atoms in total. The lowest BCUT2D eigenvalue weighted by atomic mass is 10.2. The van der Waals surface area contributed by atoms with E-state index in [0.717, 1.165) is 25.4 Å². The molecule has 120 valence electrons. The fraction of sp³-hybridized carbons (Fsp3) is 0.625. The number of ether oxygens (including phenoxy) is 1. The van der Waals surface area contributed by atoms with Crippen molar-refractivity contribution in [3.05, 3.63) is 30.1 Å². The van der Waals surface area contributed by atoms with E-state index in [1.807, 2.05) is 25.1 Å². The zero-order valence-electron chi connectivity index (χ0n) is 13.0. The maximum atomic E-state index is 12.0. The smallest absolute Gasteiger partial charge is 0.315 e. The average molecular weight is 304 g/mol. The van der Waals surface area contributed by atoms with E-state index in [1.54, 1.807) is 6.20 Å². The number of aromatic nitrogens is 1. The van der Waals surface area contributed by atoms with Gasteiger partial charge in [0.2, 0.25) is 0 Å². The van der Waals surface area contributed by atoms with Crippen LogP contribution in [0.5, 0.6) is 0 Å². The van der Waals surface area contributed by atoms with Gasteiger partial charge in [-0.05, 0) is 38.4 Å². The summed E-state index contributed by atoms with van der Waals surface area (Å²) in [4.78, 5) is 18.7. The van der Waals surface area contributed by atoms with Gasteiger partial charge in [0.1, 0.15) is 0 Å². The fourth-order valence-electron chi connectivity index (χ4n) is 3.17. The second-order valence-electron chi connectivity index (χ2n) is 6.08. The van der Waals surface area contributed by atoms with Gasteiger partial charge in [0.25, 0.3) is 0 Å². The van der Waals surface area contributed by atoms with Crippen molar-refractivity contribution in [2.45, 2.75) is 38.0 Å². The van der Waals surface area contributed by atoms with Crippen molar-refractivity contribution in [1.82, 2.24) is 20.5 Å². The molecule has 3 rings (SSSR count). The number of hydrogen-bond acceptors (Lipinski definition) is 4. The molecule has 0 radical (unpaired) electrons. The Bertz CT molecular complexity index is 496. The number of nitrogens with one attached hydrogen (secondary N) is 2. The molecule has 2 aliphatic rings. The van der Waals surface area contributed by atoms with E-state index in [1.165, 1.54) is 12.8 Å². The van der Waals surface area contributed by atoms with Crippen molar-refractivity contribution in [2.24, 2.45) is 0 Å². The highest BCUT2D eigenvalue weighted by Gasteiger charge is 2.32. The number of rotatable bonds is 4. The summed E-state index contributed by atoms with van der Waals surface area (Å²) >= 11 is 0. The second-order valence-corrected chi connectivity index (χ2v) is 6.08. The summed E-state index contributed by atoms with van der Waals surface area (Å²) in [5.74, 6) is 0. The molecule has 2 amide bonds. The Morgan fingerprint density at radius 1 is 1.55 bits per heavy atom. The van der Waals surface area contributed by atoms with Crippen molar-refractivity contribution < 1.29 is 9.53 Å². The van der Waals surface area contributed by atoms with E-state index in [2.05, 4.69) is 20.5 Å². The molecule has 2 fully saturated rings. The molecule has 1 aromatic heterocycles. The van der Waals surface area contributed by atoms with Gasteiger partial charge < -0.3 is 15.4 Å². The van der Waals surface area contributed by atoms with Gasteiger partial charge in [0, 0.05) is 25.3 Å². The van der Waals surface area contributed by atoms with Crippen LogP contribution in [0.4, 0.5) is 4.79 Å². The summed E-state index contributed by atoms with van der Waals surface area (Å²) in [5, 5.41) is 5.80. The van der Waals surface area contributed by atoms with Gasteiger partial charge in [-0.3, -0.25) is 9.88 Å². The number of carbonyl (C=O) groups is 1. The quantitative estimate of drug-likeness (QED) is 0.880. The monoisotopic (exact) mass is 304 g/mol. The lowest BCUT2D eigenvalue weighted by Gasteiger charge is -2.35. The third-order valence-corrected chi connectivity index (χ3v) is 4.43. The highest BCUT2D eigenvalue weighted by molar-refractivity contribution is 5.74. The Hall–Kier alpha value is -1.66. The molecule has 22 heavy (non-hydrogen) atoms. The van der Waals surface area contributed by atoms with Crippen LogP contribution in [0.15, 0.2) is 24.4 Å². The summed E-state index contributed by atoms with van der Waals surface area (Å²) in [5.41, 5.74) is 0.853. The van der Waals surface area contributed by atoms with Crippen molar-refractivity contribution in [3.8, 4) is 0 Å². The Morgan fingerprint density at radius 3 is 3.27 bits per heavy atom. The number of urea groups is 1. The van der Waals surface area contributed by atoms with Crippen molar-refractivity contribution in [1.29, 1.82) is 0 Å². The van der Waals surface area contributed by atoms with Crippen LogP contribution < -0.4 is 10.6 Å². The topological polar surface area (TPSA) is 66.5 Å². The van der Waals surface area contributed by atoms with Gasteiger partial charge in [-0.2, -0.15) is 0 Å². The largest absolute Gasteiger partial charge is 0.373 e. The van der Waals surface area contributed by atoms with Gasteiger partial charge >= 0.3 is 6.03 Å². The number of amides is 2. The van der Waals surface area contributed by atoms with E-state index in [0.29, 0.717) is 12.6 Å². The van der Waals surface area contributed by atoms with E-state index in [4.69, 9.17) is 4.74 Å². The molecule has 3 heterocycles. The lowest BCUT2D eigenvalue weighted by Crippen LogP contribution is -2.51. The molecule has 0 aromatic carbocycles. The van der Waals surface area contributed by atoms with Crippen molar-refractivity contribution >= 4 is 6.03 Å². The highest BCUT2D eigenvalue weighted by Crippen LogP contribution is 2.22. The molecule has 3 atom stereocenters. The summed E-state index contributed by atoms with van der Waals surface area (Å²) in [6.07, 6.45) is 4.32. The summed E-state index contributed by atoms with van der Waals surface area (Å²) in [6, 6.07) is 5.99. The normalized spacial score (nSPS) is 26.2. The Morgan fingerprint density at radius 2 is 2.45 bits per heavy atom. The minimum atomic E-state index is -0.176. The second kappa shape index (κ2) is 7.07. The van der Waals surface area contributed by atoms with Crippen molar-refractivity contribution in [2.75, 3.05) is 26.2 Å². The number of fused-ring (bicyclic) bond motifs is 1. The van der Waals surface area contributed by atoms with Crippen LogP contribution in [0.25, 0.3) is 0 Å². The van der Waals surface area contributed by atoms with Crippen molar-refractivity contribution in [3.63, 3.8) is 0 Å². The molecule has 0 bridgehead atoms. The van der Waals surface area contributed by atoms with Gasteiger partial charge in [-0.1, -0.05) is 6.07 Å². The molecule has 1 aromatic rings. The number of morpholine rings is 1. The minimum absolute atomic E-state index is 0.0882. The molecule has 0 spiro atoms. The van der Waals surface area contributed by atoms with E-state index in [9.17, 15) is 4.79 Å². The predicted octanol–water partition coefficient (Wildman–Crippen LogP) is 1.30. The third-order valence-electron chi connectivity index (χ3n) is 4.43. The van der Waals surface area contributed by atoms with Crippen LogP contribution in [0.3, 0.4) is 0 Å². The van der Waals surface area contributed by atoms with Gasteiger partial charge in [0.15, 0.2) is 0 Å². The molecule has 2 saturated heterocycles. The number of pyridine rings is 1. The standard InChI is InChI=1S/C16H24N4O2/c1-12(15-6-2-3-7-17-15)19-16(21)18-9-14-10-20-8-4-5-13(20)11-22-14/h2-3,6-7,12-14H,4-5,8-11H2,1H3,(H2,18,19,21)/t12-,13-,14-/m0/s1. The lowest BCUT2D eigenvalue weighted by molar-refractivity contribution is -0.0458. The van der Waals surface area contributed by atoms with Crippen LogP contribution in [0, 0.1) is 0 Å². The number of hydrogen-bond donors (Lipinski definition) is 2. The average Bonchev–Trinajstić information content (AvgIpc) is 3.01. The van der Waals surface area contributed by atoms with E-state index >= 15 is 0 Å². The fourth-order valence-corrected chi connectivity index (χ4v) is 3.17. The zero-order chi connectivity index (χ0) is 15.4. The summed E-state index contributed by atoms with van der Waals surface area (Å²) in [6.45, 7) is 5.34. The van der Waals surface area contributed by atoms with Gasteiger partial charge in [-0.25, -0.2) is 4.79 Å². The SMILES string of the molecule is C[C@H](NC(=O)NC[C@H]1CN2CCC[C@H]2CO1)c1ccccn1. The number of carbonyl (C=O) groups excluding carboxylic acids is 1. The van der Waals surface area contributed by atoms with E-state index in [-0.39, 0.29) is 18.2 Å². The summed E-state index contributed by atoms with van der Waals surface area (Å²) < 4.78 is 5.84. The Labute approximate surface area is 131 Å². The first-order valence-corrected chi connectivity index (χ1v) is 8.03. The van der Waals surface area contributed by atoms with Crippen LogP contribution >= 0.6 is 0 Å². The first kappa shape index (κ1) is 15.2. The van der Waals surface area contributed by atoms with Crippen LogP contribution in [0.2, 0.25) is 0 Å². The van der Waals surface area contributed by atoms with E-state index < -0.39 is 0 Å². The zero-order valence-corrected chi connectivity index (χ0v) is 13.0. The Balaban J connectivity index is 1.41. The van der Waals surface area contributed by atoms with Gasteiger partial charge in [0.05, 0.1) is 24.4 Å². The molecular weight excluding hydrogens is 280 g/mol. The molecule has 0 saturated carbocycles. The van der Waals surface area contributed by atoms with Crippen LogP contribution in [0.1, 0.15) is 31.5 Å². The Kier molecular flexibility index (Phi) is 4.90. The summed E-state index contributed by atoms with van der Waals surface area (Å²) in [7, 11) is 0. The maximum absolute atomic E-state index is 12.0. The number of nitrogens with zero attached hydrogens (tertiary/aromatic N) is 2. The highest BCUT2D eigenvalue weighted by atomic mass is 16.5. The first-order chi connectivity index (χ1) is 10.7. The predicted molar refractivity (Wildman–Crippen MR) is 83.5 cm³/mol. The molecule has 2 N–H and O–H groups in total. The van der Waals surface area contributed by atoms with Crippen LogP contribution in [-0.4, -0.2) is 54.3 Å². The molecule has 0 unspecified atom stereocenters. The minimum Gasteiger partial charge on any atom is -0.373 e. The van der Waals surface area contributed by atoms with Crippen LogP contribution in [-0.2, 0) is 4.74 Å². The first-order valence-electron chi connectivity index (χ1n) is 8.03. The molecule has 2 aliphatic heterocycles. The third kappa shape index (κ3) is 3.75. The molecular formula is C16H24N4O2.